The van der Waals surface area contributed by atoms with Gasteiger partial charge in [-0.25, -0.2) is 0 Å². The van der Waals surface area contributed by atoms with E-state index in [9.17, 15) is 9.59 Å². The second-order valence-electron chi connectivity index (χ2n) is 5.71. The number of amides is 2. The van der Waals surface area contributed by atoms with Crippen molar-refractivity contribution in [3.63, 3.8) is 0 Å². The molecule has 5 nitrogen and oxygen atoms in total. The predicted octanol–water partition coefficient (Wildman–Crippen LogP) is 1.95. The fourth-order valence-corrected chi connectivity index (χ4v) is 2.19. The van der Waals surface area contributed by atoms with Crippen LogP contribution < -0.4 is 16.0 Å². The van der Waals surface area contributed by atoms with Gasteiger partial charge in [-0.1, -0.05) is 12.1 Å². The maximum Gasteiger partial charge on any atom is 0.253 e. The van der Waals surface area contributed by atoms with Crippen molar-refractivity contribution < 1.29 is 9.59 Å². The molecular formula is C16H24ClN3O2. The molecule has 0 spiro atoms. The Balaban J connectivity index is 0.00000242. The SMILES string of the molecule is CC(N)CCNC(=O)c1ccccc1N(C)C(=O)C1CC1.Cl. The summed E-state index contributed by atoms with van der Waals surface area (Å²) in [4.78, 5) is 26.0. The third-order valence-electron chi connectivity index (χ3n) is 3.65. The van der Waals surface area contributed by atoms with Crippen LogP contribution in [0, 0.1) is 5.92 Å². The van der Waals surface area contributed by atoms with Crippen LogP contribution in [0.1, 0.15) is 36.5 Å². The van der Waals surface area contributed by atoms with Gasteiger partial charge in [-0.2, -0.15) is 0 Å². The smallest absolute Gasteiger partial charge is 0.253 e. The van der Waals surface area contributed by atoms with Crippen LogP contribution in [0.15, 0.2) is 24.3 Å². The maximum absolute atomic E-state index is 12.3. The fraction of sp³-hybridized carbons (Fsp3) is 0.500. The van der Waals surface area contributed by atoms with Gasteiger partial charge < -0.3 is 16.0 Å². The van der Waals surface area contributed by atoms with E-state index < -0.39 is 0 Å². The minimum Gasteiger partial charge on any atom is -0.352 e. The Morgan fingerprint density at radius 2 is 2.00 bits per heavy atom. The van der Waals surface area contributed by atoms with Crippen molar-refractivity contribution in [3.05, 3.63) is 29.8 Å². The quantitative estimate of drug-likeness (QED) is 0.839. The van der Waals surface area contributed by atoms with Gasteiger partial charge in [-0.3, -0.25) is 9.59 Å². The number of para-hydroxylation sites is 1. The number of rotatable bonds is 6. The molecular weight excluding hydrogens is 302 g/mol. The molecule has 6 heteroatoms. The molecule has 1 aromatic rings. The largest absolute Gasteiger partial charge is 0.352 e. The number of hydrogen-bond acceptors (Lipinski definition) is 3. The molecule has 3 N–H and O–H groups in total. The summed E-state index contributed by atoms with van der Waals surface area (Å²) in [6.45, 7) is 2.44. The van der Waals surface area contributed by atoms with Crippen LogP contribution in [0.4, 0.5) is 5.69 Å². The second kappa shape index (κ2) is 8.15. The van der Waals surface area contributed by atoms with Crippen molar-refractivity contribution in [1.82, 2.24) is 5.32 Å². The molecule has 22 heavy (non-hydrogen) atoms. The lowest BCUT2D eigenvalue weighted by Crippen LogP contribution is -2.33. The van der Waals surface area contributed by atoms with Crippen molar-refractivity contribution in [1.29, 1.82) is 0 Å². The predicted molar refractivity (Wildman–Crippen MR) is 90.4 cm³/mol. The van der Waals surface area contributed by atoms with E-state index in [0.29, 0.717) is 17.8 Å². The Labute approximate surface area is 137 Å². The zero-order valence-corrected chi connectivity index (χ0v) is 13.9. The average molecular weight is 326 g/mol. The van der Waals surface area contributed by atoms with Crippen molar-refractivity contribution in [3.8, 4) is 0 Å². The highest BCUT2D eigenvalue weighted by atomic mass is 35.5. The molecule has 0 radical (unpaired) electrons. The molecule has 1 aliphatic carbocycles. The van der Waals surface area contributed by atoms with Gasteiger partial charge in [0.1, 0.15) is 0 Å². The van der Waals surface area contributed by atoms with Crippen molar-refractivity contribution in [2.24, 2.45) is 11.7 Å². The molecule has 1 atom stereocenters. The van der Waals surface area contributed by atoms with E-state index in [4.69, 9.17) is 5.73 Å². The number of benzene rings is 1. The molecule has 122 valence electrons. The molecule has 2 amide bonds. The number of nitrogens with one attached hydrogen (secondary N) is 1. The highest BCUT2D eigenvalue weighted by molar-refractivity contribution is 6.05. The minimum absolute atomic E-state index is 0. The second-order valence-corrected chi connectivity index (χ2v) is 5.71. The maximum atomic E-state index is 12.3. The first-order chi connectivity index (χ1) is 10.0. The van der Waals surface area contributed by atoms with Crippen LogP contribution in [-0.2, 0) is 4.79 Å². The van der Waals surface area contributed by atoms with Gasteiger partial charge in [-0.15, -0.1) is 12.4 Å². The van der Waals surface area contributed by atoms with Crippen LogP contribution in [0.25, 0.3) is 0 Å². The number of nitrogens with two attached hydrogens (primary N) is 1. The van der Waals surface area contributed by atoms with E-state index in [1.807, 2.05) is 13.0 Å². The topological polar surface area (TPSA) is 75.4 Å². The third kappa shape index (κ3) is 4.71. The van der Waals surface area contributed by atoms with Gasteiger partial charge >= 0.3 is 0 Å². The van der Waals surface area contributed by atoms with E-state index in [0.717, 1.165) is 19.3 Å². The first-order valence-corrected chi connectivity index (χ1v) is 7.41. The summed E-state index contributed by atoms with van der Waals surface area (Å²) in [5.74, 6) is 0.0525. The van der Waals surface area contributed by atoms with Gasteiger partial charge in [0.2, 0.25) is 5.91 Å². The first kappa shape index (κ1) is 18.5. The summed E-state index contributed by atoms with van der Waals surface area (Å²) in [5.41, 5.74) is 6.86. The third-order valence-corrected chi connectivity index (χ3v) is 3.65. The summed E-state index contributed by atoms with van der Waals surface area (Å²) in [7, 11) is 1.73. The van der Waals surface area contributed by atoms with Crippen molar-refractivity contribution in [2.45, 2.75) is 32.2 Å². The Kier molecular flexibility index (Phi) is 6.84. The molecule has 1 unspecified atom stereocenters. The highest BCUT2D eigenvalue weighted by Crippen LogP contribution is 2.33. The Morgan fingerprint density at radius 3 is 2.59 bits per heavy atom. The lowest BCUT2D eigenvalue weighted by atomic mass is 10.1. The number of anilines is 1. The van der Waals surface area contributed by atoms with Gasteiger partial charge in [0.05, 0.1) is 11.3 Å². The monoisotopic (exact) mass is 325 g/mol. The van der Waals surface area contributed by atoms with Crippen molar-refractivity contribution in [2.75, 3.05) is 18.5 Å². The molecule has 1 fully saturated rings. The Morgan fingerprint density at radius 1 is 1.36 bits per heavy atom. The van der Waals surface area contributed by atoms with Crippen LogP contribution in [0.2, 0.25) is 0 Å². The Bertz CT molecular complexity index is 530. The van der Waals surface area contributed by atoms with E-state index in [-0.39, 0.29) is 36.2 Å². The van der Waals surface area contributed by atoms with E-state index in [2.05, 4.69) is 5.32 Å². The van der Waals surface area contributed by atoms with E-state index >= 15 is 0 Å². The molecule has 1 saturated carbocycles. The summed E-state index contributed by atoms with van der Waals surface area (Å²) in [6.07, 6.45) is 2.63. The molecule has 0 bridgehead atoms. The summed E-state index contributed by atoms with van der Waals surface area (Å²) < 4.78 is 0. The number of hydrogen-bond donors (Lipinski definition) is 2. The first-order valence-electron chi connectivity index (χ1n) is 7.41. The molecule has 1 aliphatic rings. The number of carbonyl (C=O) groups is 2. The van der Waals surface area contributed by atoms with Gasteiger partial charge in [0.25, 0.3) is 5.91 Å². The lowest BCUT2D eigenvalue weighted by molar-refractivity contribution is -0.119. The molecule has 0 heterocycles. The Hall–Kier alpha value is -1.59. The fourth-order valence-electron chi connectivity index (χ4n) is 2.19. The molecule has 0 saturated heterocycles. The minimum atomic E-state index is -0.165. The van der Waals surface area contributed by atoms with E-state index in [1.165, 1.54) is 0 Å². The zero-order chi connectivity index (χ0) is 15.4. The van der Waals surface area contributed by atoms with Gasteiger partial charge in [0, 0.05) is 25.6 Å². The van der Waals surface area contributed by atoms with Crippen molar-refractivity contribution >= 4 is 29.9 Å². The van der Waals surface area contributed by atoms with Gasteiger partial charge in [-0.05, 0) is 38.3 Å². The van der Waals surface area contributed by atoms with Gasteiger partial charge in [0.15, 0.2) is 0 Å². The lowest BCUT2D eigenvalue weighted by Gasteiger charge is -2.20. The molecule has 0 aliphatic heterocycles. The van der Waals surface area contributed by atoms with Crippen LogP contribution in [0.3, 0.4) is 0 Å². The normalized spacial score (nSPS) is 14.7. The molecule has 2 rings (SSSR count). The summed E-state index contributed by atoms with van der Waals surface area (Å²) in [5, 5.41) is 2.85. The summed E-state index contributed by atoms with van der Waals surface area (Å²) >= 11 is 0. The molecule has 0 aromatic heterocycles. The summed E-state index contributed by atoms with van der Waals surface area (Å²) in [6, 6.07) is 7.25. The van der Waals surface area contributed by atoms with Crippen LogP contribution in [-0.4, -0.2) is 31.4 Å². The van der Waals surface area contributed by atoms with E-state index in [1.54, 1.807) is 30.1 Å². The number of nitrogens with zero attached hydrogens (tertiary/aromatic N) is 1. The average Bonchev–Trinajstić information content (AvgIpc) is 3.30. The zero-order valence-electron chi connectivity index (χ0n) is 13.0. The number of halogens is 1. The van der Waals surface area contributed by atoms with Crippen LogP contribution >= 0.6 is 12.4 Å². The number of carbonyl (C=O) groups excluding carboxylic acids is 2. The highest BCUT2D eigenvalue weighted by Gasteiger charge is 2.33. The molecule has 1 aromatic carbocycles. The standard InChI is InChI=1S/C16H23N3O2.ClH/c1-11(17)9-10-18-15(20)13-5-3-4-6-14(13)19(2)16(21)12-7-8-12;/h3-6,11-12H,7-10,17H2,1-2H3,(H,18,20);1H. The van der Waals surface area contributed by atoms with Crippen LogP contribution in [0.5, 0.6) is 0 Å².